The maximum atomic E-state index is 13.5. The lowest BCUT2D eigenvalue weighted by atomic mass is 10.2. The zero-order valence-electron chi connectivity index (χ0n) is 7.92. The van der Waals surface area contributed by atoms with E-state index in [1.807, 2.05) is 22.6 Å². The Balaban J connectivity index is 2.33. The summed E-state index contributed by atoms with van der Waals surface area (Å²) in [6.07, 6.45) is 1.64. The van der Waals surface area contributed by atoms with Gasteiger partial charge in [-0.25, -0.2) is 4.39 Å². The minimum atomic E-state index is -0.339. The Morgan fingerprint density at radius 3 is 2.62 bits per heavy atom. The summed E-state index contributed by atoms with van der Waals surface area (Å²) in [6.45, 7) is 0.272. The van der Waals surface area contributed by atoms with E-state index in [9.17, 15) is 4.39 Å². The van der Waals surface area contributed by atoms with Gasteiger partial charge in [0.25, 0.3) is 0 Å². The molecule has 0 amide bonds. The minimum absolute atomic E-state index is 0.272. The van der Waals surface area contributed by atoms with Gasteiger partial charge in [-0.05, 0) is 34.7 Å². The lowest BCUT2D eigenvalue weighted by Gasteiger charge is -2.05. The van der Waals surface area contributed by atoms with Crippen LogP contribution < -0.4 is 0 Å². The zero-order chi connectivity index (χ0) is 11.7. The van der Waals surface area contributed by atoms with Gasteiger partial charge in [-0.1, -0.05) is 29.3 Å². The smallest absolute Gasteiger partial charge is 0.141 e. The van der Waals surface area contributed by atoms with E-state index < -0.39 is 0 Å². The summed E-state index contributed by atoms with van der Waals surface area (Å²) in [5.74, 6) is -0.339. The molecule has 0 fully saturated rings. The zero-order valence-corrected chi connectivity index (χ0v) is 11.6. The molecule has 6 heteroatoms. The first-order valence-electron chi connectivity index (χ1n) is 4.39. The Bertz CT molecular complexity index is 488. The van der Waals surface area contributed by atoms with Crippen LogP contribution in [0.4, 0.5) is 4.39 Å². The molecule has 0 N–H and O–H groups in total. The molecule has 1 heterocycles. The number of rotatable bonds is 2. The van der Waals surface area contributed by atoms with E-state index in [1.54, 1.807) is 23.0 Å². The van der Waals surface area contributed by atoms with E-state index in [-0.39, 0.29) is 12.4 Å². The number of benzene rings is 1. The van der Waals surface area contributed by atoms with Crippen molar-refractivity contribution >= 4 is 45.8 Å². The normalized spacial score (nSPS) is 10.8. The Hall–Kier alpha value is -0.330. The van der Waals surface area contributed by atoms with Gasteiger partial charge in [-0.3, -0.25) is 4.68 Å². The van der Waals surface area contributed by atoms with Crippen molar-refractivity contribution in [1.82, 2.24) is 9.78 Å². The van der Waals surface area contributed by atoms with Crippen LogP contribution in [-0.2, 0) is 6.54 Å². The molecule has 2 rings (SSSR count). The van der Waals surface area contributed by atoms with Crippen molar-refractivity contribution in [2.45, 2.75) is 6.54 Å². The Kier molecular flexibility index (Phi) is 3.71. The summed E-state index contributed by atoms with van der Waals surface area (Å²) in [5.41, 5.74) is 0.416. The molecule has 2 nitrogen and oxygen atoms in total. The maximum absolute atomic E-state index is 13.5. The first kappa shape index (κ1) is 12.1. The van der Waals surface area contributed by atoms with Crippen molar-refractivity contribution in [3.8, 4) is 0 Å². The first-order chi connectivity index (χ1) is 7.58. The average molecular weight is 371 g/mol. The Morgan fingerprint density at radius 2 is 2.06 bits per heavy atom. The topological polar surface area (TPSA) is 17.8 Å². The summed E-state index contributed by atoms with van der Waals surface area (Å²) >= 11 is 13.8. The summed E-state index contributed by atoms with van der Waals surface area (Å²) in [4.78, 5) is 0. The Morgan fingerprint density at radius 1 is 1.31 bits per heavy atom. The quantitative estimate of drug-likeness (QED) is 0.731. The molecule has 0 saturated carbocycles. The lowest BCUT2D eigenvalue weighted by molar-refractivity contribution is 0.584. The third kappa shape index (κ3) is 2.49. The Labute approximate surface area is 115 Å². The van der Waals surface area contributed by atoms with Gasteiger partial charge in [0.05, 0.1) is 11.6 Å². The second-order valence-corrected chi connectivity index (χ2v) is 5.00. The number of halogens is 4. The van der Waals surface area contributed by atoms with Gasteiger partial charge in [0.15, 0.2) is 0 Å². The summed E-state index contributed by atoms with van der Waals surface area (Å²) in [5, 5.41) is 5.07. The van der Waals surface area contributed by atoms with Crippen molar-refractivity contribution in [1.29, 1.82) is 0 Å². The number of nitrogens with zero attached hydrogens (tertiary/aromatic N) is 2. The molecule has 1 aromatic carbocycles. The van der Waals surface area contributed by atoms with Gasteiger partial charge in [0.2, 0.25) is 0 Å². The molecule has 1 aromatic heterocycles. The van der Waals surface area contributed by atoms with E-state index in [2.05, 4.69) is 5.10 Å². The highest BCUT2D eigenvalue weighted by Crippen LogP contribution is 2.22. The van der Waals surface area contributed by atoms with Crippen LogP contribution in [0.5, 0.6) is 0 Å². The molecule has 84 valence electrons. The monoisotopic (exact) mass is 370 g/mol. The number of hydrogen-bond donors (Lipinski definition) is 0. The highest BCUT2D eigenvalue weighted by Gasteiger charge is 2.10. The molecule has 0 saturated heterocycles. The van der Waals surface area contributed by atoms with Crippen LogP contribution in [0.1, 0.15) is 5.56 Å². The molecular formula is C10H6Cl2FIN2. The largest absolute Gasteiger partial charge is 0.266 e. The molecule has 16 heavy (non-hydrogen) atoms. The predicted molar refractivity (Wildman–Crippen MR) is 70.5 cm³/mol. The van der Waals surface area contributed by atoms with Crippen LogP contribution in [-0.4, -0.2) is 9.78 Å². The fourth-order valence-corrected chi connectivity index (χ4v) is 2.09. The van der Waals surface area contributed by atoms with Crippen LogP contribution in [0.15, 0.2) is 24.4 Å². The minimum Gasteiger partial charge on any atom is -0.266 e. The van der Waals surface area contributed by atoms with Gasteiger partial charge >= 0.3 is 0 Å². The van der Waals surface area contributed by atoms with E-state index in [4.69, 9.17) is 23.2 Å². The van der Waals surface area contributed by atoms with E-state index >= 15 is 0 Å². The second-order valence-electron chi connectivity index (χ2n) is 3.17. The van der Waals surface area contributed by atoms with Crippen LogP contribution in [0, 0.1) is 9.52 Å². The van der Waals surface area contributed by atoms with Gasteiger partial charge in [0, 0.05) is 16.8 Å². The van der Waals surface area contributed by atoms with Crippen LogP contribution in [0.2, 0.25) is 10.0 Å². The van der Waals surface area contributed by atoms with Crippen LogP contribution >= 0.6 is 45.8 Å². The van der Waals surface area contributed by atoms with Crippen molar-refractivity contribution < 1.29 is 4.39 Å². The van der Waals surface area contributed by atoms with Gasteiger partial charge in [-0.15, -0.1) is 0 Å². The van der Waals surface area contributed by atoms with Crippen LogP contribution in [0.3, 0.4) is 0 Å². The lowest BCUT2D eigenvalue weighted by Crippen LogP contribution is -2.03. The molecule has 0 aliphatic rings. The highest BCUT2D eigenvalue weighted by molar-refractivity contribution is 14.1. The number of aromatic nitrogens is 2. The van der Waals surface area contributed by atoms with Crippen LogP contribution in [0.25, 0.3) is 0 Å². The molecule has 0 spiro atoms. The molecule has 0 radical (unpaired) electrons. The van der Waals surface area contributed by atoms with E-state index in [0.29, 0.717) is 19.3 Å². The van der Waals surface area contributed by atoms with Crippen molar-refractivity contribution in [3.63, 3.8) is 0 Å². The third-order valence-electron chi connectivity index (χ3n) is 2.06. The summed E-state index contributed by atoms with van der Waals surface area (Å²) < 4.78 is 15.7. The summed E-state index contributed by atoms with van der Waals surface area (Å²) in [6, 6.07) is 4.59. The molecule has 0 aliphatic heterocycles. The standard InChI is InChI=1S/C10H6Cl2FIN2/c11-7-2-1-3-9(13)6(7)4-16-5-8(12)10(14)15-16/h1-3,5H,4H2. The van der Waals surface area contributed by atoms with E-state index in [1.165, 1.54) is 6.07 Å². The fraction of sp³-hybridized carbons (Fsp3) is 0.100. The van der Waals surface area contributed by atoms with E-state index in [0.717, 1.165) is 0 Å². The predicted octanol–water partition coefficient (Wildman–Crippen LogP) is 3.98. The maximum Gasteiger partial charge on any atom is 0.141 e. The second kappa shape index (κ2) is 4.89. The van der Waals surface area contributed by atoms with Gasteiger partial charge in [0.1, 0.15) is 9.52 Å². The van der Waals surface area contributed by atoms with Gasteiger partial charge < -0.3 is 0 Å². The third-order valence-corrected chi connectivity index (χ3v) is 3.80. The average Bonchev–Trinajstić information content (AvgIpc) is 2.53. The molecule has 2 aromatic rings. The SMILES string of the molecule is Fc1cccc(Cl)c1Cn1cc(Cl)c(I)n1. The fourth-order valence-electron chi connectivity index (χ4n) is 1.30. The molecular weight excluding hydrogens is 365 g/mol. The molecule has 0 unspecified atom stereocenters. The van der Waals surface area contributed by atoms with Crippen molar-refractivity contribution in [2.75, 3.05) is 0 Å². The molecule has 0 atom stereocenters. The summed E-state index contributed by atoms with van der Waals surface area (Å²) in [7, 11) is 0. The highest BCUT2D eigenvalue weighted by atomic mass is 127. The molecule has 0 bridgehead atoms. The first-order valence-corrected chi connectivity index (χ1v) is 6.22. The van der Waals surface area contributed by atoms with Crippen molar-refractivity contribution in [2.24, 2.45) is 0 Å². The molecule has 0 aliphatic carbocycles. The number of hydrogen-bond acceptors (Lipinski definition) is 1. The van der Waals surface area contributed by atoms with Crippen molar-refractivity contribution in [3.05, 3.63) is 49.5 Å². The van der Waals surface area contributed by atoms with Gasteiger partial charge in [-0.2, -0.15) is 5.10 Å².